The van der Waals surface area contributed by atoms with Crippen molar-refractivity contribution in [2.75, 3.05) is 7.05 Å². The first-order chi connectivity index (χ1) is 9.60. The quantitative estimate of drug-likeness (QED) is 0.588. The lowest BCUT2D eigenvalue weighted by Gasteiger charge is -2.07. The van der Waals surface area contributed by atoms with Crippen molar-refractivity contribution in [3.05, 3.63) is 47.1 Å². The Hall–Kier alpha value is -1.99. The van der Waals surface area contributed by atoms with E-state index in [0.717, 1.165) is 10.4 Å². The molecule has 2 aromatic rings. The summed E-state index contributed by atoms with van der Waals surface area (Å²) in [6, 6.07) is 9.67. The summed E-state index contributed by atoms with van der Waals surface area (Å²) in [6.07, 6.45) is 0. The molecule has 20 heavy (non-hydrogen) atoms. The van der Waals surface area contributed by atoms with Crippen LogP contribution in [0.1, 0.15) is 9.67 Å². The number of amides is 1. The Balaban J connectivity index is 2.06. The minimum atomic E-state index is -0.284. The molecule has 0 aliphatic rings. The number of halogens is 1. The molecule has 1 amide bonds. The molecule has 1 aromatic heterocycles. The van der Waals surface area contributed by atoms with Crippen LogP contribution in [0.4, 0.5) is 4.39 Å². The second-order valence-electron chi connectivity index (χ2n) is 3.83. The Morgan fingerprint density at radius 3 is 2.50 bits per heavy atom. The number of thiocarbonyl (C=S) groups is 1. The lowest BCUT2D eigenvalue weighted by molar-refractivity contribution is 0.0948. The molecule has 0 radical (unpaired) electrons. The van der Waals surface area contributed by atoms with E-state index in [1.165, 1.54) is 23.5 Å². The van der Waals surface area contributed by atoms with Gasteiger partial charge in [-0.15, -0.1) is 11.3 Å². The van der Waals surface area contributed by atoms with Gasteiger partial charge in [0.25, 0.3) is 5.91 Å². The van der Waals surface area contributed by atoms with Gasteiger partial charge in [0, 0.05) is 11.9 Å². The molecular formula is C13H12FN3OS2. The first-order valence-electron chi connectivity index (χ1n) is 5.74. The molecule has 0 aliphatic carbocycles. The number of nitrogens with one attached hydrogen (secondary N) is 3. The van der Waals surface area contributed by atoms with Gasteiger partial charge in [0.1, 0.15) is 5.82 Å². The Morgan fingerprint density at radius 2 is 1.85 bits per heavy atom. The van der Waals surface area contributed by atoms with Crippen molar-refractivity contribution in [1.82, 2.24) is 16.2 Å². The van der Waals surface area contributed by atoms with Gasteiger partial charge < -0.3 is 5.32 Å². The van der Waals surface area contributed by atoms with Gasteiger partial charge in [-0.1, -0.05) is 12.1 Å². The van der Waals surface area contributed by atoms with Crippen molar-refractivity contribution in [1.29, 1.82) is 0 Å². The smallest absolute Gasteiger partial charge is 0.279 e. The van der Waals surface area contributed by atoms with E-state index in [1.807, 2.05) is 6.07 Å². The Labute approximate surface area is 125 Å². The van der Waals surface area contributed by atoms with Crippen molar-refractivity contribution >= 4 is 34.6 Å². The summed E-state index contributed by atoms with van der Waals surface area (Å²) in [5, 5.41) is 3.01. The maximum absolute atomic E-state index is 12.9. The molecule has 1 heterocycles. The monoisotopic (exact) mass is 309 g/mol. The predicted octanol–water partition coefficient (Wildman–Crippen LogP) is 2.29. The van der Waals surface area contributed by atoms with Crippen LogP contribution in [0.2, 0.25) is 0 Å². The molecule has 0 saturated carbocycles. The molecule has 0 spiro atoms. The van der Waals surface area contributed by atoms with Crippen LogP contribution in [0.5, 0.6) is 0 Å². The summed E-state index contributed by atoms with van der Waals surface area (Å²) in [7, 11) is 1.65. The summed E-state index contributed by atoms with van der Waals surface area (Å²) >= 11 is 6.17. The molecule has 0 aliphatic heterocycles. The Bertz CT molecular complexity index is 625. The fourth-order valence-electron chi connectivity index (χ4n) is 1.47. The number of carbonyl (C=O) groups excluding carboxylic acids is 1. The lowest BCUT2D eigenvalue weighted by Crippen LogP contribution is -2.45. The van der Waals surface area contributed by atoms with Gasteiger partial charge in [0.2, 0.25) is 0 Å². The van der Waals surface area contributed by atoms with E-state index in [2.05, 4.69) is 16.2 Å². The molecule has 0 fully saturated rings. The van der Waals surface area contributed by atoms with Gasteiger partial charge in [-0.3, -0.25) is 15.6 Å². The number of thiophene rings is 1. The summed E-state index contributed by atoms with van der Waals surface area (Å²) in [5.41, 5.74) is 5.92. The number of carbonyl (C=O) groups is 1. The van der Waals surface area contributed by atoms with E-state index < -0.39 is 0 Å². The van der Waals surface area contributed by atoms with Crippen LogP contribution in [0.3, 0.4) is 0 Å². The molecule has 2 rings (SSSR count). The topological polar surface area (TPSA) is 53.2 Å². The van der Waals surface area contributed by atoms with E-state index in [1.54, 1.807) is 25.2 Å². The van der Waals surface area contributed by atoms with Crippen molar-refractivity contribution in [2.45, 2.75) is 0 Å². The fourth-order valence-corrected chi connectivity index (χ4v) is 2.42. The molecule has 0 bridgehead atoms. The fraction of sp³-hybridized carbons (Fsp3) is 0.0769. The second kappa shape index (κ2) is 6.44. The summed E-state index contributed by atoms with van der Waals surface area (Å²) in [4.78, 5) is 13.3. The number of hydrazine groups is 1. The average molecular weight is 309 g/mol. The van der Waals surface area contributed by atoms with Crippen LogP contribution in [0.15, 0.2) is 36.4 Å². The number of hydrogen-bond acceptors (Lipinski definition) is 3. The Morgan fingerprint density at radius 1 is 1.15 bits per heavy atom. The van der Waals surface area contributed by atoms with Gasteiger partial charge >= 0.3 is 0 Å². The van der Waals surface area contributed by atoms with Crippen LogP contribution < -0.4 is 16.2 Å². The average Bonchev–Trinajstić information content (AvgIpc) is 2.95. The minimum absolute atomic E-state index is 0.277. The van der Waals surface area contributed by atoms with Crippen LogP contribution >= 0.6 is 23.6 Å². The van der Waals surface area contributed by atoms with Crippen molar-refractivity contribution < 1.29 is 9.18 Å². The molecule has 0 unspecified atom stereocenters. The first kappa shape index (κ1) is 14.4. The maximum Gasteiger partial charge on any atom is 0.279 e. The minimum Gasteiger partial charge on any atom is -0.364 e. The molecular weight excluding hydrogens is 297 g/mol. The van der Waals surface area contributed by atoms with E-state index in [-0.39, 0.29) is 11.7 Å². The molecule has 3 N–H and O–H groups in total. The molecule has 104 valence electrons. The van der Waals surface area contributed by atoms with Crippen molar-refractivity contribution in [2.24, 2.45) is 0 Å². The van der Waals surface area contributed by atoms with Crippen LogP contribution in [-0.2, 0) is 0 Å². The van der Waals surface area contributed by atoms with Gasteiger partial charge in [-0.2, -0.15) is 0 Å². The van der Waals surface area contributed by atoms with Crippen LogP contribution in [0, 0.1) is 5.82 Å². The zero-order valence-corrected chi connectivity index (χ0v) is 12.2. The largest absolute Gasteiger partial charge is 0.364 e. The van der Waals surface area contributed by atoms with Crippen LogP contribution in [0.25, 0.3) is 10.4 Å². The molecule has 4 nitrogen and oxygen atoms in total. The standard InChI is InChI=1S/C13H12FN3OS2/c1-15-13(19)17-16-12(18)11-7-6-10(20-11)8-2-4-9(14)5-3-8/h2-7H,1H3,(H,16,18)(H2,15,17,19). The zero-order valence-electron chi connectivity index (χ0n) is 10.6. The van der Waals surface area contributed by atoms with Crippen LogP contribution in [-0.4, -0.2) is 18.1 Å². The molecule has 0 atom stereocenters. The molecule has 0 saturated heterocycles. The first-order valence-corrected chi connectivity index (χ1v) is 6.96. The third-order valence-electron chi connectivity index (χ3n) is 2.48. The summed E-state index contributed by atoms with van der Waals surface area (Å²) < 4.78 is 12.9. The highest BCUT2D eigenvalue weighted by Crippen LogP contribution is 2.28. The summed E-state index contributed by atoms with van der Waals surface area (Å²) in [6.45, 7) is 0. The third-order valence-corrected chi connectivity index (χ3v) is 3.91. The number of hydrogen-bond donors (Lipinski definition) is 3. The zero-order chi connectivity index (χ0) is 14.5. The molecule has 1 aromatic carbocycles. The number of benzene rings is 1. The van der Waals surface area contributed by atoms with E-state index in [9.17, 15) is 9.18 Å². The van der Waals surface area contributed by atoms with Gasteiger partial charge in [0.05, 0.1) is 4.88 Å². The predicted molar refractivity (Wildman–Crippen MR) is 82.0 cm³/mol. The van der Waals surface area contributed by atoms with Gasteiger partial charge in [0.15, 0.2) is 5.11 Å². The van der Waals surface area contributed by atoms with Crippen molar-refractivity contribution in [3.8, 4) is 10.4 Å². The van der Waals surface area contributed by atoms with Gasteiger partial charge in [-0.05, 0) is 42.0 Å². The SMILES string of the molecule is CNC(=S)NNC(=O)c1ccc(-c2ccc(F)cc2)s1. The second-order valence-corrected chi connectivity index (χ2v) is 5.32. The third kappa shape index (κ3) is 3.52. The van der Waals surface area contributed by atoms with Crippen molar-refractivity contribution in [3.63, 3.8) is 0 Å². The highest BCUT2D eigenvalue weighted by Gasteiger charge is 2.10. The highest BCUT2D eigenvalue weighted by molar-refractivity contribution is 7.80. The lowest BCUT2D eigenvalue weighted by atomic mass is 10.2. The molecule has 7 heteroatoms. The van der Waals surface area contributed by atoms with E-state index in [0.29, 0.717) is 9.99 Å². The van der Waals surface area contributed by atoms with E-state index >= 15 is 0 Å². The normalized spacial score (nSPS) is 9.90. The number of rotatable bonds is 2. The van der Waals surface area contributed by atoms with E-state index in [4.69, 9.17) is 12.2 Å². The highest BCUT2D eigenvalue weighted by atomic mass is 32.1. The van der Waals surface area contributed by atoms with Gasteiger partial charge in [-0.25, -0.2) is 4.39 Å². The maximum atomic E-state index is 12.9. The summed E-state index contributed by atoms with van der Waals surface area (Å²) in [5.74, 6) is -0.561. The Kier molecular flexibility index (Phi) is 4.65.